The molecule has 1 atom stereocenters. The summed E-state index contributed by atoms with van der Waals surface area (Å²) in [6.45, 7) is 0.438. The van der Waals surface area contributed by atoms with Gasteiger partial charge < -0.3 is 20.1 Å². The Morgan fingerprint density at radius 3 is 2.83 bits per heavy atom. The average molecular weight is 272 g/mol. The number of carboxylic acids is 1. The SMILES string of the molecule is COC(CNC(=O)N(C)Cc1cccs1)C(=O)O. The minimum atomic E-state index is -1.10. The van der Waals surface area contributed by atoms with E-state index in [0.29, 0.717) is 6.54 Å². The van der Waals surface area contributed by atoms with Crippen LogP contribution in [0.25, 0.3) is 0 Å². The fraction of sp³-hybridized carbons (Fsp3) is 0.455. The third-order valence-electron chi connectivity index (χ3n) is 2.32. The Labute approximate surface area is 109 Å². The van der Waals surface area contributed by atoms with Gasteiger partial charge >= 0.3 is 12.0 Å². The van der Waals surface area contributed by atoms with E-state index in [1.807, 2.05) is 17.5 Å². The van der Waals surface area contributed by atoms with Gasteiger partial charge in [-0.25, -0.2) is 9.59 Å². The summed E-state index contributed by atoms with van der Waals surface area (Å²) < 4.78 is 4.72. The molecule has 0 aliphatic rings. The molecule has 1 rings (SSSR count). The molecule has 1 aromatic rings. The van der Waals surface area contributed by atoms with E-state index in [9.17, 15) is 9.59 Å². The van der Waals surface area contributed by atoms with Crippen molar-refractivity contribution in [2.75, 3.05) is 20.7 Å². The number of amides is 2. The van der Waals surface area contributed by atoms with Crippen molar-refractivity contribution in [3.05, 3.63) is 22.4 Å². The number of methoxy groups -OCH3 is 1. The van der Waals surface area contributed by atoms with Crippen LogP contribution in [0.4, 0.5) is 4.79 Å². The molecule has 0 radical (unpaired) electrons. The summed E-state index contributed by atoms with van der Waals surface area (Å²) in [5.41, 5.74) is 0. The summed E-state index contributed by atoms with van der Waals surface area (Å²) in [7, 11) is 2.94. The first kappa shape index (κ1) is 14.5. The van der Waals surface area contributed by atoms with Crippen molar-refractivity contribution < 1.29 is 19.4 Å². The summed E-state index contributed by atoms with van der Waals surface area (Å²) in [5, 5.41) is 13.2. The molecule has 0 saturated heterocycles. The van der Waals surface area contributed by atoms with E-state index < -0.39 is 12.1 Å². The van der Waals surface area contributed by atoms with Gasteiger partial charge in [-0.15, -0.1) is 11.3 Å². The summed E-state index contributed by atoms with van der Waals surface area (Å²) in [6.07, 6.45) is -1.02. The molecule has 0 aliphatic heterocycles. The zero-order valence-corrected chi connectivity index (χ0v) is 11.1. The minimum Gasteiger partial charge on any atom is -0.479 e. The zero-order valence-electron chi connectivity index (χ0n) is 10.3. The van der Waals surface area contributed by atoms with Gasteiger partial charge in [0.25, 0.3) is 0 Å². The number of nitrogens with zero attached hydrogens (tertiary/aromatic N) is 1. The summed E-state index contributed by atoms with van der Waals surface area (Å²) >= 11 is 1.56. The van der Waals surface area contributed by atoms with E-state index in [0.717, 1.165) is 4.88 Å². The molecule has 1 heterocycles. The first-order valence-corrected chi connectivity index (χ1v) is 6.19. The van der Waals surface area contributed by atoms with Crippen LogP contribution in [0.15, 0.2) is 17.5 Å². The van der Waals surface area contributed by atoms with Crippen molar-refractivity contribution in [3.63, 3.8) is 0 Å². The largest absolute Gasteiger partial charge is 0.479 e. The van der Waals surface area contributed by atoms with Crippen LogP contribution < -0.4 is 5.32 Å². The molecule has 0 bridgehead atoms. The number of hydrogen-bond acceptors (Lipinski definition) is 4. The number of carboxylic acid groups (broad SMARTS) is 1. The van der Waals surface area contributed by atoms with Gasteiger partial charge in [0, 0.05) is 19.0 Å². The molecule has 0 saturated carbocycles. The summed E-state index contributed by atoms with van der Waals surface area (Å²) in [6, 6.07) is 3.52. The van der Waals surface area contributed by atoms with Crippen LogP contribution in [0.5, 0.6) is 0 Å². The number of ether oxygens (including phenoxy) is 1. The molecule has 100 valence electrons. The van der Waals surface area contributed by atoms with Crippen LogP contribution in [0.1, 0.15) is 4.88 Å². The molecular weight excluding hydrogens is 256 g/mol. The molecule has 2 N–H and O–H groups in total. The molecule has 1 aromatic heterocycles. The standard InChI is InChI=1S/C11H16N2O4S/c1-13(7-8-4-3-5-18-8)11(16)12-6-9(17-2)10(14)15/h3-5,9H,6-7H2,1-2H3,(H,12,16)(H,14,15). The number of carbonyl (C=O) groups is 2. The predicted octanol–water partition coefficient (Wildman–Crippen LogP) is 0.989. The van der Waals surface area contributed by atoms with Crippen molar-refractivity contribution in [1.82, 2.24) is 10.2 Å². The number of hydrogen-bond donors (Lipinski definition) is 2. The lowest BCUT2D eigenvalue weighted by atomic mass is 10.3. The Morgan fingerprint density at radius 1 is 1.61 bits per heavy atom. The fourth-order valence-corrected chi connectivity index (χ4v) is 2.05. The number of nitrogens with one attached hydrogen (secondary N) is 1. The maximum absolute atomic E-state index is 11.7. The van der Waals surface area contributed by atoms with E-state index >= 15 is 0 Å². The van der Waals surface area contributed by atoms with Crippen LogP contribution in [0.2, 0.25) is 0 Å². The van der Waals surface area contributed by atoms with Gasteiger partial charge in [0.15, 0.2) is 6.10 Å². The third-order valence-corrected chi connectivity index (χ3v) is 3.18. The lowest BCUT2D eigenvalue weighted by Crippen LogP contribution is -2.43. The van der Waals surface area contributed by atoms with Crippen molar-refractivity contribution in [3.8, 4) is 0 Å². The average Bonchev–Trinajstić information content (AvgIpc) is 2.81. The Balaban J connectivity index is 2.38. The van der Waals surface area contributed by atoms with E-state index in [2.05, 4.69) is 5.32 Å². The molecule has 0 spiro atoms. The van der Waals surface area contributed by atoms with E-state index in [1.54, 1.807) is 18.4 Å². The van der Waals surface area contributed by atoms with Crippen LogP contribution in [0.3, 0.4) is 0 Å². The van der Waals surface area contributed by atoms with E-state index in [-0.39, 0.29) is 12.6 Å². The molecule has 18 heavy (non-hydrogen) atoms. The van der Waals surface area contributed by atoms with Gasteiger partial charge in [-0.05, 0) is 11.4 Å². The Morgan fingerprint density at radius 2 is 2.33 bits per heavy atom. The molecule has 0 aromatic carbocycles. The van der Waals surface area contributed by atoms with Crippen molar-refractivity contribution in [1.29, 1.82) is 0 Å². The van der Waals surface area contributed by atoms with Crippen LogP contribution in [-0.2, 0) is 16.1 Å². The van der Waals surface area contributed by atoms with Crippen molar-refractivity contribution in [2.45, 2.75) is 12.6 Å². The summed E-state index contributed by atoms with van der Waals surface area (Å²) in [4.78, 5) is 24.9. The molecule has 1 unspecified atom stereocenters. The minimum absolute atomic E-state index is 0.0561. The Hall–Kier alpha value is -1.60. The number of aliphatic carboxylic acids is 1. The van der Waals surface area contributed by atoms with Gasteiger partial charge in [-0.1, -0.05) is 6.07 Å². The van der Waals surface area contributed by atoms with Crippen LogP contribution in [0, 0.1) is 0 Å². The molecular formula is C11H16N2O4S. The smallest absolute Gasteiger partial charge is 0.334 e. The Kier molecular flexibility index (Phi) is 5.60. The van der Waals surface area contributed by atoms with Gasteiger partial charge in [0.1, 0.15) is 0 Å². The third kappa shape index (κ3) is 4.34. The highest BCUT2D eigenvalue weighted by atomic mass is 32.1. The number of urea groups is 1. The maximum Gasteiger partial charge on any atom is 0.334 e. The normalized spacial score (nSPS) is 11.9. The van der Waals surface area contributed by atoms with Gasteiger partial charge in [0.2, 0.25) is 0 Å². The summed E-state index contributed by atoms with van der Waals surface area (Å²) in [5.74, 6) is -1.10. The number of rotatable bonds is 6. The van der Waals surface area contributed by atoms with E-state index in [4.69, 9.17) is 9.84 Å². The lowest BCUT2D eigenvalue weighted by Gasteiger charge is -2.18. The quantitative estimate of drug-likeness (QED) is 0.809. The van der Waals surface area contributed by atoms with Gasteiger partial charge in [-0.2, -0.15) is 0 Å². The predicted molar refractivity (Wildman–Crippen MR) is 67.6 cm³/mol. The van der Waals surface area contributed by atoms with Crippen molar-refractivity contribution >= 4 is 23.3 Å². The highest BCUT2D eigenvalue weighted by Gasteiger charge is 2.18. The van der Waals surface area contributed by atoms with E-state index in [1.165, 1.54) is 12.0 Å². The molecule has 7 heteroatoms. The topological polar surface area (TPSA) is 78.9 Å². The highest BCUT2D eigenvalue weighted by Crippen LogP contribution is 2.10. The van der Waals surface area contributed by atoms with Crippen LogP contribution in [-0.4, -0.2) is 48.8 Å². The maximum atomic E-state index is 11.7. The van der Waals surface area contributed by atoms with Gasteiger partial charge in [-0.3, -0.25) is 0 Å². The lowest BCUT2D eigenvalue weighted by molar-refractivity contribution is -0.148. The second-order valence-electron chi connectivity index (χ2n) is 3.68. The second kappa shape index (κ2) is 6.97. The fourth-order valence-electron chi connectivity index (χ4n) is 1.29. The Bertz CT molecular complexity index is 394. The zero-order chi connectivity index (χ0) is 13.5. The first-order chi connectivity index (χ1) is 8.54. The molecule has 2 amide bonds. The second-order valence-corrected chi connectivity index (χ2v) is 4.72. The van der Waals surface area contributed by atoms with Gasteiger partial charge in [0.05, 0.1) is 13.1 Å². The molecule has 0 aliphatic carbocycles. The molecule has 0 fully saturated rings. The number of thiophene rings is 1. The highest BCUT2D eigenvalue weighted by molar-refractivity contribution is 7.09. The van der Waals surface area contributed by atoms with Crippen LogP contribution >= 0.6 is 11.3 Å². The van der Waals surface area contributed by atoms with Crippen molar-refractivity contribution in [2.24, 2.45) is 0 Å². The monoisotopic (exact) mass is 272 g/mol. The first-order valence-electron chi connectivity index (χ1n) is 5.31. The molecule has 6 nitrogen and oxygen atoms in total. The number of carbonyl (C=O) groups excluding carboxylic acids is 1.